The number of carbonyl (C=O) groups is 2. The third-order valence-corrected chi connectivity index (χ3v) is 3.05. The maximum Gasteiger partial charge on any atom is 0.318 e. The molecule has 0 aliphatic heterocycles. The maximum atomic E-state index is 11.7. The van der Waals surface area contributed by atoms with Crippen LogP contribution in [0, 0.1) is 0 Å². The van der Waals surface area contributed by atoms with E-state index in [0.29, 0.717) is 13.1 Å². The summed E-state index contributed by atoms with van der Waals surface area (Å²) in [4.78, 5) is 24.1. The molecule has 1 atom stereocenters. The summed E-state index contributed by atoms with van der Waals surface area (Å²) in [6, 6.07) is 6.48. The van der Waals surface area contributed by atoms with Crippen molar-refractivity contribution in [2.24, 2.45) is 11.5 Å². The van der Waals surface area contributed by atoms with Crippen LogP contribution >= 0.6 is 0 Å². The van der Waals surface area contributed by atoms with Crippen molar-refractivity contribution < 1.29 is 9.59 Å². The molecule has 0 heterocycles. The first-order valence-corrected chi connectivity index (χ1v) is 6.03. The molecule has 1 rings (SSSR count). The highest BCUT2D eigenvalue weighted by Crippen LogP contribution is 2.12. The molecule has 0 aromatic heterocycles. The molecule has 0 aliphatic carbocycles. The molecule has 5 N–H and O–H groups in total. The molecule has 6 nitrogen and oxygen atoms in total. The van der Waals surface area contributed by atoms with E-state index in [1.165, 1.54) is 0 Å². The Labute approximate surface area is 112 Å². The van der Waals surface area contributed by atoms with E-state index in [1.807, 2.05) is 29.2 Å². The number of hydrogen-bond donors (Lipinski definition) is 3. The smallest absolute Gasteiger partial charge is 0.318 e. The molecule has 0 radical (unpaired) electrons. The summed E-state index contributed by atoms with van der Waals surface area (Å²) in [5, 5.41) is 2.07. The monoisotopic (exact) mass is 264 g/mol. The molecule has 6 heteroatoms. The zero-order valence-electron chi connectivity index (χ0n) is 11.2. The van der Waals surface area contributed by atoms with Gasteiger partial charge in [0.05, 0.1) is 6.04 Å². The van der Waals surface area contributed by atoms with Crippen LogP contribution < -0.4 is 16.8 Å². The van der Waals surface area contributed by atoms with Crippen molar-refractivity contribution in [3.63, 3.8) is 0 Å². The second kappa shape index (κ2) is 6.86. The Morgan fingerprint density at radius 1 is 1.32 bits per heavy atom. The number of primary amides is 1. The zero-order valence-corrected chi connectivity index (χ0v) is 11.2. The van der Waals surface area contributed by atoms with Gasteiger partial charge in [-0.3, -0.25) is 15.0 Å². The van der Waals surface area contributed by atoms with Crippen molar-refractivity contribution in [2.45, 2.75) is 26.1 Å². The van der Waals surface area contributed by atoms with Crippen LogP contribution in [0.5, 0.6) is 0 Å². The lowest BCUT2D eigenvalue weighted by molar-refractivity contribution is -0.124. The highest BCUT2D eigenvalue weighted by molar-refractivity contribution is 5.96. The number of hydrogen-bond acceptors (Lipinski definition) is 4. The van der Waals surface area contributed by atoms with Gasteiger partial charge in [0.2, 0.25) is 5.91 Å². The predicted octanol–water partition coefficient (Wildman–Crippen LogP) is 0.161. The van der Waals surface area contributed by atoms with E-state index >= 15 is 0 Å². The average Bonchev–Trinajstić information content (AvgIpc) is 2.37. The first kappa shape index (κ1) is 15.1. The molecule has 19 heavy (non-hydrogen) atoms. The Balaban J connectivity index is 2.70. The van der Waals surface area contributed by atoms with E-state index in [2.05, 4.69) is 5.32 Å². The topological polar surface area (TPSA) is 101 Å². The summed E-state index contributed by atoms with van der Waals surface area (Å²) in [5.41, 5.74) is 12.7. The Kier molecular flexibility index (Phi) is 5.47. The fourth-order valence-electron chi connectivity index (χ4n) is 1.74. The fraction of sp³-hybridized carbons (Fsp3) is 0.385. The van der Waals surface area contributed by atoms with Crippen LogP contribution in [-0.2, 0) is 17.9 Å². The predicted molar refractivity (Wildman–Crippen MR) is 73.0 cm³/mol. The van der Waals surface area contributed by atoms with Crippen LogP contribution in [-0.4, -0.2) is 29.9 Å². The van der Waals surface area contributed by atoms with Crippen LogP contribution in [0.25, 0.3) is 0 Å². The second-order valence-corrected chi connectivity index (χ2v) is 4.42. The fourth-order valence-corrected chi connectivity index (χ4v) is 1.74. The van der Waals surface area contributed by atoms with Gasteiger partial charge < -0.3 is 11.5 Å². The minimum Gasteiger partial charge on any atom is -0.351 e. The summed E-state index contributed by atoms with van der Waals surface area (Å²) in [7, 11) is 1.80. The molecular formula is C13H20N4O2. The van der Waals surface area contributed by atoms with Crippen LogP contribution in [0.15, 0.2) is 24.3 Å². The van der Waals surface area contributed by atoms with Gasteiger partial charge in [-0.1, -0.05) is 24.3 Å². The van der Waals surface area contributed by atoms with E-state index in [4.69, 9.17) is 11.5 Å². The first-order chi connectivity index (χ1) is 8.95. The Hall–Kier alpha value is -1.92. The molecule has 104 valence electrons. The van der Waals surface area contributed by atoms with Gasteiger partial charge >= 0.3 is 6.03 Å². The van der Waals surface area contributed by atoms with E-state index in [-0.39, 0.29) is 0 Å². The number of amides is 3. The molecule has 0 bridgehead atoms. The third kappa shape index (κ3) is 4.35. The number of rotatable bonds is 5. The van der Waals surface area contributed by atoms with Crippen molar-refractivity contribution in [1.29, 1.82) is 0 Å². The van der Waals surface area contributed by atoms with Gasteiger partial charge in [-0.15, -0.1) is 0 Å². The second-order valence-electron chi connectivity index (χ2n) is 4.42. The van der Waals surface area contributed by atoms with Gasteiger partial charge in [0.25, 0.3) is 0 Å². The first-order valence-electron chi connectivity index (χ1n) is 6.03. The Morgan fingerprint density at radius 3 is 2.42 bits per heavy atom. The Bertz CT molecular complexity index is 462. The Morgan fingerprint density at radius 2 is 1.89 bits per heavy atom. The number of carbonyl (C=O) groups excluding carboxylic acids is 2. The lowest BCUT2D eigenvalue weighted by atomic mass is 10.1. The van der Waals surface area contributed by atoms with Crippen LogP contribution in [0.3, 0.4) is 0 Å². The maximum absolute atomic E-state index is 11.7. The molecule has 1 aromatic rings. The molecular weight excluding hydrogens is 244 g/mol. The number of nitrogens with two attached hydrogens (primary N) is 2. The van der Waals surface area contributed by atoms with Gasteiger partial charge in [0.15, 0.2) is 0 Å². The number of urea groups is 1. The number of nitrogens with one attached hydrogen (secondary N) is 1. The van der Waals surface area contributed by atoms with E-state index in [1.54, 1.807) is 14.0 Å². The number of nitrogens with zero attached hydrogens (tertiary/aromatic N) is 1. The summed E-state index contributed by atoms with van der Waals surface area (Å²) in [6.07, 6.45) is 0. The van der Waals surface area contributed by atoms with Gasteiger partial charge in [-0.2, -0.15) is 0 Å². The number of likely N-dealkylation sites (N-methyl/N-ethyl adjacent to an activating group) is 1. The molecule has 3 amide bonds. The normalized spacial score (nSPS) is 12.2. The largest absolute Gasteiger partial charge is 0.351 e. The van der Waals surface area contributed by atoms with E-state index < -0.39 is 18.0 Å². The summed E-state index contributed by atoms with van der Waals surface area (Å²) in [6.45, 7) is 2.73. The summed E-state index contributed by atoms with van der Waals surface area (Å²) >= 11 is 0. The lowest BCUT2D eigenvalue weighted by Gasteiger charge is -2.24. The molecule has 0 aliphatic rings. The van der Waals surface area contributed by atoms with Crippen LogP contribution in [0.2, 0.25) is 0 Å². The quantitative estimate of drug-likeness (QED) is 0.705. The molecule has 1 unspecified atom stereocenters. The third-order valence-electron chi connectivity index (χ3n) is 3.05. The zero-order chi connectivity index (χ0) is 14.4. The van der Waals surface area contributed by atoms with Gasteiger partial charge in [-0.25, -0.2) is 4.79 Å². The molecule has 1 aromatic carbocycles. The highest BCUT2D eigenvalue weighted by atomic mass is 16.2. The highest BCUT2D eigenvalue weighted by Gasteiger charge is 2.19. The molecule has 0 fully saturated rings. The van der Waals surface area contributed by atoms with Gasteiger partial charge in [0.1, 0.15) is 0 Å². The van der Waals surface area contributed by atoms with Crippen LogP contribution in [0.4, 0.5) is 4.79 Å². The van der Waals surface area contributed by atoms with Crippen molar-refractivity contribution in [1.82, 2.24) is 10.2 Å². The minimum atomic E-state index is -0.840. The standard InChI is InChI=1S/C13H20N4O2/c1-9(12(18)16-13(15)19)17(2)8-11-6-4-3-5-10(11)7-14/h3-6,9H,7-8,14H2,1-2H3,(H3,15,16,18,19). The lowest BCUT2D eigenvalue weighted by Crippen LogP contribution is -2.46. The van der Waals surface area contributed by atoms with Crippen molar-refractivity contribution in [3.8, 4) is 0 Å². The molecule has 0 saturated carbocycles. The van der Waals surface area contributed by atoms with E-state index in [0.717, 1.165) is 11.1 Å². The van der Waals surface area contributed by atoms with Gasteiger partial charge in [-0.05, 0) is 25.1 Å². The van der Waals surface area contributed by atoms with E-state index in [9.17, 15) is 9.59 Å². The minimum absolute atomic E-state index is 0.416. The van der Waals surface area contributed by atoms with Crippen molar-refractivity contribution in [3.05, 3.63) is 35.4 Å². The number of imide groups is 1. The summed E-state index contributed by atoms with van der Waals surface area (Å²) in [5.74, 6) is -0.416. The van der Waals surface area contributed by atoms with Crippen LogP contribution in [0.1, 0.15) is 18.1 Å². The van der Waals surface area contributed by atoms with Crippen molar-refractivity contribution in [2.75, 3.05) is 7.05 Å². The average molecular weight is 264 g/mol. The van der Waals surface area contributed by atoms with Gasteiger partial charge in [0, 0.05) is 13.1 Å². The SMILES string of the molecule is CC(C(=O)NC(N)=O)N(C)Cc1ccccc1CN. The molecule has 0 saturated heterocycles. The molecule has 0 spiro atoms. The number of benzene rings is 1. The summed E-state index contributed by atoms with van der Waals surface area (Å²) < 4.78 is 0. The van der Waals surface area contributed by atoms with Crippen molar-refractivity contribution >= 4 is 11.9 Å².